The van der Waals surface area contributed by atoms with Gasteiger partial charge in [-0.25, -0.2) is 0 Å². The van der Waals surface area contributed by atoms with Crippen molar-refractivity contribution in [3.8, 4) is 0 Å². The van der Waals surface area contributed by atoms with Crippen LogP contribution in [-0.2, 0) is 4.79 Å². The zero-order chi connectivity index (χ0) is 10.7. The standard InChI is InChI=1S/C10H20N2O2/c1-3-6(2)9(11)10(14)12-7-4-8(13)5-7/h6-9,13H,3-5,11H2,1-2H3,(H,12,14)/t6-,7?,8?,9-/m0/s1. The number of aliphatic hydroxyl groups excluding tert-OH is 1. The molecular formula is C10H20N2O2. The van der Waals surface area contributed by atoms with Gasteiger partial charge in [-0.3, -0.25) is 4.79 Å². The average Bonchev–Trinajstić information content (AvgIpc) is 2.12. The van der Waals surface area contributed by atoms with Crippen molar-refractivity contribution in [1.29, 1.82) is 0 Å². The molecule has 0 heterocycles. The summed E-state index contributed by atoms with van der Waals surface area (Å²) in [6.45, 7) is 3.99. The molecule has 1 fully saturated rings. The van der Waals surface area contributed by atoms with Crippen molar-refractivity contribution < 1.29 is 9.90 Å². The molecule has 1 amide bonds. The van der Waals surface area contributed by atoms with E-state index in [1.165, 1.54) is 0 Å². The maximum atomic E-state index is 11.5. The maximum absolute atomic E-state index is 11.5. The van der Waals surface area contributed by atoms with Crippen LogP contribution in [0, 0.1) is 5.92 Å². The highest BCUT2D eigenvalue weighted by molar-refractivity contribution is 5.82. The average molecular weight is 200 g/mol. The Bertz CT molecular complexity index is 202. The second-order valence-electron chi connectivity index (χ2n) is 4.24. The molecule has 0 spiro atoms. The van der Waals surface area contributed by atoms with Crippen LogP contribution in [0.2, 0.25) is 0 Å². The fraction of sp³-hybridized carbons (Fsp3) is 0.900. The summed E-state index contributed by atoms with van der Waals surface area (Å²) in [7, 11) is 0. The van der Waals surface area contributed by atoms with Crippen LogP contribution in [0.4, 0.5) is 0 Å². The van der Waals surface area contributed by atoms with Crippen LogP contribution >= 0.6 is 0 Å². The van der Waals surface area contributed by atoms with Crippen LogP contribution in [0.25, 0.3) is 0 Å². The first-order valence-electron chi connectivity index (χ1n) is 5.28. The minimum atomic E-state index is -0.419. The fourth-order valence-corrected chi connectivity index (χ4v) is 1.52. The molecule has 1 rings (SSSR count). The van der Waals surface area contributed by atoms with E-state index in [0.29, 0.717) is 12.8 Å². The molecule has 0 aromatic rings. The Balaban J connectivity index is 2.27. The third-order valence-corrected chi connectivity index (χ3v) is 3.02. The van der Waals surface area contributed by atoms with Gasteiger partial charge in [0, 0.05) is 6.04 Å². The fourth-order valence-electron chi connectivity index (χ4n) is 1.52. The molecule has 1 aliphatic rings. The largest absolute Gasteiger partial charge is 0.393 e. The Kier molecular flexibility index (Phi) is 3.89. The van der Waals surface area contributed by atoms with Crippen LogP contribution in [-0.4, -0.2) is 29.2 Å². The molecule has 0 bridgehead atoms. The van der Waals surface area contributed by atoms with Crippen LogP contribution < -0.4 is 11.1 Å². The molecule has 0 saturated heterocycles. The van der Waals surface area contributed by atoms with E-state index in [-0.39, 0.29) is 24.0 Å². The predicted molar refractivity (Wildman–Crippen MR) is 54.6 cm³/mol. The van der Waals surface area contributed by atoms with Gasteiger partial charge in [0.05, 0.1) is 12.1 Å². The Labute approximate surface area is 84.9 Å². The monoisotopic (exact) mass is 200 g/mol. The van der Waals surface area contributed by atoms with Gasteiger partial charge in [0.1, 0.15) is 0 Å². The lowest BCUT2D eigenvalue weighted by Gasteiger charge is -2.33. The summed E-state index contributed by atoms with van der Waals surface area (Å²) in [5, 5.41) is 11.9. The maximum Gasteiger partial charge on any atom is 0.237 e. The Morgan fingerprint density at radius 2 is 2.21 bits per heavy atom. The first-order valence-corrected chi connectivity index (χ1v) is 5.28. The number of hydrogen-bond acceptors (Lipinski definition) is 3. The van der Waals surface area contributed by atoms with Gasteiger partial charge in [-0.1, -0.05) is 20.3 Å². The minimum Gasteiger partial charge on any atom is -0.393 e. The zero-order valence-corrected chi connectivity index (χ0v) is 8.86. The van der Waals surface area contributed by atoms with Gasteiger partial charge in [-0.15, -0.1) is 0 Å². The number of hydrogen-bond donors (Lipinski definition) is 3. The van der Waals surface area contributed by atoms with Crippen molar-refractivity contribution >= 4 is 5.91 Å². The first kappa shape index (κ1) is 11.5. The molecule has 4 N–H and O–H groups in total. The number of aliphatic hydroxyl groups is 1. The number of carbonyl (C=O) groups is 1. The Morgan fingerprint density at radius 3 is 2.64 bits per heavy atom. The number of amides is 1. The second kappa shape index (κ2) is 4.75. The molecule has 4 nitrogen and oxygen atoms in total. The number of nitrogens with two attached hydrogens (primary N) is 1. The molecule has 0 aromatic carbocycles. The summed E-state index contributed by atoms with van der Waals surface area (Å²) in [5.41, 5.74) is 5.76. The zero-order valence-electron chi connectivity index (χ0n) is 8.86. The summed E-state index contributed by atoms with van der Waals surface area (Å²) in [6.07, 6.45) is 2.00. The van der Waals surface area contributed by atoms with Crippen LogP contribution in [0.3, 0.4) is 0 Å². The molecule has 1 aliphatic carbocycles. The van der Waals surface area contributed by atoms with Crippen molar-refractivity contribution in [2.75, 3.05) is 0 Å². The van der Waals surface area contributed by atoms with E-state index in [1.54, 1.807) is 0 Å². The van der Waals surface area contributed by atoms with E-state index in [0.717, 1.165) is 6.42 Å². The lowest BCUT2D eigenvalue weighted by atomic mass is 9.89. The number of carbonyl (C=O) groups excluding carboxylic acids is 1. The van der Waals surface area contributed by atoms with Gasteiger partial charge in [-0.05, 0) is 18.8 Å². The van der Waals surface area contributed by atoms with Gasteiger partial charge in [0.25, 0.3) is 0 Å². The second-order valence-corrected chi connectivity index (χ2v) is 4.24. The molecule has 1 saturated carbocycles. The van der Waals surface area contributed by atoms with Crippen molar-refractivity contribution in [1.82, 2.24) is 5.32 Å². The molecule has 82 valence electrons. The van der Waals surface area contributed by atoms with Gasteiger partial charge in [-0.2, -0.15) is 0 Å². The third-order valence-electron chi connectivity index (χ3n) is 3.02. The van der Waals surface area contributed by atoms with Crippen molar-refractivity contribution in [2.24, 2.45) is 11.7 Å². The SMILES string of the molecule is CC[C@H](C)[C@H](N)C(=O)NC1CC(O)C1. The summed E-state index contributed by atoms with van der Waals surface area (Å²) in [5.74, 6) is 0.122. The van der Waals surface area contributed by atoms with E-state index in [9.17, 15) is 4.79 Å². The molecule has 0 aliphatic heterocycles. The summed E-state index contributed by atoms with van der Waals surface area (Å²) in [4.78, 5) is 11.5. The summed E-state index contributed by atoms with van der Waals surface area (Å²) in [6, 6.07) is -0.287. The van der Waals surface area contributed by atoms with Crippen molar-refractivity contribution in [3.63, 3.8) is 0 Å². The summed E-state index contributed by atoms with van der Waals surface area (Å²) < 4.78 is 0. The minimum absolute atomic E-state index is 0.0868. The summed E-state index contributed by atoms with van der Waals surface area (Å²) >= 11 is 0. The van der Waals surface area contributed by atoms with E-state index >= 15 is 0 Å². The molecule has 2 atom stereocenters. The molecule has 14 heavy (non-hydrogen) atoms. The Morgan fingerprint density at radius 1 is 1.64 bits per heavy atom. The molecule has 0 radical (unpaired) electrons. The Hall–Kier alpha value is -0.610. The van der Waals surface area contributed by atoms with Crippen LogP contribution in [0.5, 0.6) is 0 Å². The molecular weight excluding hydrogens is 180 g/mol. The van der Waals surface area contributed by atoms with Gasteiger partial charge in [0.2, 0.25) is 5.91 Å². The first-order chi connectivity index (χ1) is 6.54. The smallest absolute Gasteiger partial charge is 0.237 e. The lowest BCUT2D eigenvalue weighted by molar-refractivity contribution is -0.125. The van der Waals surface area contributed by atoms with E-state index in [2.05, 4.69) is 5.32 Å². The van der Waals surface area contributed by atoms with Gasteiger partial charge in [0.15, 0.2) is 0 Å². The number of rotatable bonds is 4. The van der Waals surface area contributed by atoms with E-state index < -0.39 is 6.04 Å². The van der Waals surface area contributed by atoms with E-state index in [1.807, 2.05) is 13.8 Å². The van der Waals surface area contributed by atoms with Gasteiger partial charge < -0.3 is 16.2 Å². The lowest BCUT2D eigenvalue weighted by Crippen LogP contribution is -2.53. The van der Waals surface area contributed by atoms with E-state index in [4.69, 9.17) is 10.8 Å². The quantitative estimate of drug-likeness (QED) is 0.598. The predicted octanol–water partition coefficient (Wildman–Crippen LogP) is -0.000700. The van der Waals surface area contributed by atoms with Gasteiger partial charge >= 0.3 is 0 Å². The molecule has 0 aromatic heterocycles. The highest BCUT2D eigenvalue weighted by Crippen LogP contribution is 2.19. The highest BCUT2D eigenvalue weighted by Gasteiger charge is 2.30. The number of nitrogens with one attached hydrogen (secondary N) is 1. The molecule has 0 unspecified atom stereocenters. The van der Waals surface area contributed by atoms with Crippen molar-refractivity contribution in [2.45, 2.75) is 51.3 Å². The highest BCUT2D eigenvalue weighted by atomic mass is 16.3. The normalized spacial score (nSPS) is 30.3. The topological polar surface area (TPSA) is 75.4 Å². The van der Waals surface area contributed by atoms with Crippen LogP contribution in [0.1, 0.15) is 33.1 Å². The molecule has 4 heteroatoms. The third kappa shape index (κ3) is 2.69. The van der Waals surface area contributed by atoms with Crippen LogP contribution in [0.15, 0.2) is 0 Å². The van der Waals surface area contributed by atoms with Crippen molar-refractivity contribution in [3.05, 3.63) is 0 Å².